The quantitative estimate of drug-likeness (QED) is 0.479. The Morgan fingerprint density at radius 3 is 1.20 bits per heavy atom. The van der Waals surface area contributed by atoms with Crippen molar-refractivity contribution in [1.82, 2.24) is 0 Å². The molecule has 0 amide bonds. The number of rotatable bonds is 0. The average Bonchev–Trinajstić information content (AvgIpc) is 0.722. The minimum absolute atomic E-state index is 0.590. The SMILES string of the molecule is OC(I)(I)I. The van der Waals surface area contributed by atoms with E-state index in [1.807, 2.05) is 67.8 Å². The molecule has 0 aliphatic carbocycles. The van der Waals surface area contributed by atoms with E-state index in [4.69, 9.17) is 5.11 Å². The zero-order valence-corrected chi connectivity index (χ0v) is 8.55. The summed E-state index contributed by atoms with van der Waals surface area (Å²) in [5, 5.41) is 8.48. The maximum absolute atomic E-state index is 8.48. The molecule has 0 saturated carbocycles. The molecule has 0 saturated heterocycles. The first-order chi connectivity index (χ1) is 2.00. The summed E-state index contributed by atoms with van der Waals surface area (Å²) < 4.78 is -0.590. The van der Waals surface area contributed by atoms with E-state index >= 15 is 0 Å². The van der Waals surface area contributed by atoms with E-state index in [-0.39, 0.29) is 0 Å². The summed E-state index contributed by atoms with van der Waals surface area (Å²) in [5.41, 5.74) is 0. The van der Waals surface area contributed by atoms with Gasteiger partial charge in [0, 0.05) is 0 Å². The molecule has 4 heteroatoms. The van der Waals surface area contributed by atoms with Gasteiger partial charge in [0.1, 0.15) is 0 Å². The normalized spacial score (nSPS) is 12.0. The van der Waals surface area contributed by atoms with Gasteiger partial charge in [-0.2, -0.15) is 0 Å². The van der Waals surface area contributed by atoms with Crippen LogP contribution in [0.25, 0.3) is 0 Å². The largest absolute Gasteiger partial charge is 0.363 e. The number of aliphatic hydroxyl groups is 1. The van der Waals surface area contributed by atoms with E-state index in [1.165, 1.54) is 0 Å². The zero-order chi connectivity index (χ0) is 4.50. The summed E-state index contributed by atoms with van der Waals surface area (Å²) in [4.78, 5) is 0. The first-order valence-corrected chi connectivity index (χ1v) is 4.03. The maximum Gasteiger partial charge on any atom is 0.217 e. The van der Waals surface area contributed by atoms with Crippen molar-refractivity contribution in [2.24, 2.45) is 0 Å². The van der Waals surface area contributed by atoms with Gasteiger partial charge in [0.25, 0.3) is 0 Å². The molecule has 32 valence electrons. The van der Waals surface area contributed by atoms with Gasteiger partial charge in [0.15, 0.2) is 0 Å². The van der Waals surface area contributed by atoms with Crippen molar-refractivity contribution in [3.8, 4) is 0 Å². The third-order valence-corrected chi connectivity index (χ3v) is 0. The van der Waals surface area contributed by atoms with Crippen LogP contribution < -0.4 is 0 Å². The third-order valence-electron chi connectivity index (χ3n) is 0. The molecular formula is CHI3O. The first kappa shape index (κ1) is 7.15. The highest BCUT2D eigenvalue weighted by atomic mass is 127. The van der Waals surface area contributed by atoms with Crippen LogP contribution in [0.15, 0.2) is 0 Å². The lowest BCUT2D eigenvalue weighted by molar-refractivity contribution is 0.359. The standard InChI is InChI=1S/CHI3O/c2-1(3,4)5/h5H. The minimum atomic E-state index is -0.590. The molecule has 1 N–H and O–H groups in total. The number of halogens is 3. The predicted molar refractivity (Wildman–Crippen MR) is 47.0 cm³/mol. The number of hydrogen-bond donors (Lipinski definition) is 1. The Morgan fingerprint density at radius 2 is 1.20 bits per heavy atom. The van der Waals surface area contributed by atoms with E-state index in [0.29, 0.717) is 0 Å². The second-order valence-corrected chi connectivity index (χ2v) is 11.3. The Hall–Kier alpha value is 2.15. The molecule has 0 aromatic heterocycles. The lowest BCUT2D eigenvalue weighted by Gasteiger charge is -1.96. The van der Waals surface area contributed by atoms with Crippen molar-refractivity contribution in [2.75, 3.05) is 0 Å². The topological polar surface area (TPSA) is 20.2 Å². The van der Waals surface area contributed by atoms with Crippen LogP contribution in [0.2, 0.25) is 0 Å². The molecule has 0 spiro atoms. The molecule has 0 aliphatic rings. The fourth-order valence-electron chi connectivity index (χ4n) is 0. The molecule has 0 atom stereocenters. The van der Waals surface area contributed by atoms with Gasteiger partial charge in [-0.15, -0.1) is 0 Å². The number of alkyl halides is 3. The van der Waals surface area contributed by atoms with Crippen LogP contribution in [0.4, 0.5) is 0 Å². The van der Waals surface area contributed by atoms with Gasteiger partial charge < -0.3 is 5.11 Å². The third kappa shape index (κ3) is 22.9. The Labute approximate surface area is 71.3 Å². The van der Waals surface area contributed by atoms with Gasteiger partial charge in [-0.05, 0) is 67.8 Å². The Balaban J connectivity index is 3.02. The van der Waals surface area contributed by atoms with Crippen LogP contribution in [0.5, 0.6) is 0 Å². The maximum atomic E-state index is 8.48. The van der Waals surface area contributed by atoms with Crippen LogP contribution >= 0.6 is 67.8 Å². The molecule has 0 aliphatic heterocycles. The van der Waals surface area contributed by atoms with Crippen molar-refractivity contribution in [2.45, 2.75) is -0.379 Å². The van der Waals surface area contributed by atoms with Crippen molar-refractivity contribution in [1.29, 1.82) is 0 Å². The van der Waals surface area contributed by atoms with Crippen LogP contribution in [0.1, 0.15) is 0 Å². The lowest BCUT2D eigenvalue weighted by Crippen LogP contribution is -1.90. The molecule has 0 unspecified atom stereocenters. The summed E-state index contributed by atoms with van der Waals surface area (Å²) in [6.45, 7) is 0. The van der Waals surface area contributed by atoms with Gasteiger partial charge >= 0.3 is 0 Å². The monoisotopic (exact) mass is 410 g/mol. The Bertz CT molecular complexity index is 22.4. The van der Waals surface area contributed by atoms with Crippen LogP contribution in [-0.4, -0.2) is 4.73 Å². The first-order valence-electron chi connectivity index (χ1n) is 0.791. The van der Waals surface area contributed by atoms with Gasteiger partial charge in [-0.3, -0.25) is 0 Å². The molecule has 0 heterocycles. The second-order valence-electron chi connectivity index (χ2n) is 0.468. The molecular weight excluding hydrogens is 409 g/mol. The Morgan fingerprint density at radius 1 is 1.20 bits per heavy atom. The molecule has 5 heavy (non-hydrogen) atoms. The predicted octanol–water partition coefficient (Wildman–Crippen LogP) is 1.90. The lowest BCUT2D eigenvalue weighted by atomic mass is 11.7. The summed E-state index contributed by atoms with van der Waals surface area (Å²) in [5.74, 6) is 0. The van der Waals surface area contributed by atoms with E-state index in [0.717, 1.165) is 0 Å². The smallest absolute Gasteiger partial charge is 0.217 e. The van der Waals surface area contributed by atoms with Gasteiger partial charge in [-0.1, -0.05) is 0 Å². The zero-order valence-electron chi connectivity index (χ0n) is 2.08. The van der Waals surface area contributed by atoms with E-state index in [2.05, 4.69) is 0 Å². The minimum Gasteiger partial charge on any atom is -0.363 e. The summed E-state index contributed by atoms with van der Waals surface area (Å²) >= 11 is 5.72. The van der Waals surface area contributed by atoms with E-state index in [9.17, 15) is 0 Å². The molecule has 0 bridgehead atoms. The van der Waals surface area contributed by atoms with Crippen molar-refractivity contribution >= 4 is 67.8 Å². The highest BCUT2D eigenvalue weighted by molar-refractivity contribution is 14.3. The van der Waals surface area contributed by atoms with E-state index < -0.39 is -0.379 Å². The van der Waals surface area contributed by atoms with Gasteiger partial charge in [0.2, 0.25) is -0.379 Å². The molecule has 1 nitrogen and oxygen atoms in total. The molecule has 0 aromatic carbocycles. The molecule has 0 rings (SSSR count). The van der Waals surface area contributed by atoms with Crippen molar-refractivity contribution in [3.05, 3.63) is 0 Å². The molecule has 0 aromatic rings. The average molecular weight is 410 g/mol. The van der Waals surface area contributed by atoms with Gasteiger partial charge in [0.05, 0.1) is 0 Å². The van der Waals surface area contributed by atoms with Crippen molar-refractivity contribution in [3.63, 3.8) is 0 Å². The van der Waals surface area contributed by atoms with Crippen molar-refractivity contribution < 1.29 is 5.11 Å². The summed E-state index contributed by atoms with van der Waals surface area (Å²) in [7, 11) is 0. The Kier molecular flexibility index (Phi) is 3.51. The van der Waals surface area contributed by atoms with E-state index in [1.54, 1.807) is 0 Å². The summed E-state index contributed by atoms with van der Waals surface area (Å²) in [6, 6.07) is 0. The number of hydrogen-bond acceptors (Lipinski definition) is 1. The van der Waals surface area contributed by atoms with Gasteiger partial charge in [-0.25, -0.2) is 0 Å². The molecule has 0 fully saturated rings. The summed E-state index contributed by atoms with van der Waals surface area (Å²) in [6.07, 6.45) is 0. The van der Waals surface area contributed by atoms with Crippen LogP contribution in [0, 0.1) is 0 Å². The fraction of sp³-hybridized carbons (Fsp3) is 1.00. The molecule has 0 radical (unpaired) electrons. The highest BCUT2D eigenvalue weighted by Gasteiger charge is 2.07. The van der Waals surface area contributed by atoms with Crippen LogP contribution in [0.3, 0.4) is 0 Å². The highest BCUT2D eigenvalue weighted by Crippen LogP contribution is 2.30. The van der Waals surface area contributed by atoms with Crippen LogP contribution in [-0.2, 0) is 0 Å². The second kappa shape index (κ2) is 2.46. The fourth-order valence-corrected chi connectivity index (χ4v) is 0.